The minimum atomic E-state index is 0.0758. The zero-order valence-electron chi connectivity index (χ0n) is 13.6. The summed E-state index contributed by atoms with van der Waals surface area (Å²) >= 11 is 3.55. The lowest BCUT2D eigenvalue weighted by atomic mass is 10.1. The molecule has 0 fully saturated rings. The fraction of sp³-hybridized carbons (Fsp3) is 0.625. The normalized spacial score (nSPS) is 11.5. The molecule has 4 nitrogen and oxygen atoms in total. The van der Waals surface area contributed by atoms with E-state index in [1.54, 1.807) is 7.11 Å². The van der Waals surface area contributed by atoms with E-state index in [1.807, 2.05) is 13.0 Å². The molecule has 0 bridgehead atoms. The van der Waals surface area contributed by atoms with E-state index in [4.69, 9.17) is 14.2 Å². The number of hydrogen-bond donors (Lipinski definition) is 1. The Hall–Kier alpha value is -0.780. The Kier molecular flexibility index (Phi) is 7.49. The molecular weight excluding hydrogens is 334 g/mol. The number of hydrogen-bond acceptors (Lipinski definition) is 4. The first kappa shape index (κ1) is 18.3. The van der Waals surface area contributed by atoms with Gasteiger partial charge >= 0.3 is 0 Å². The zero-order valence-corrected chi connectivity index (χ0v) is 15.2. The van der Waals surface area contributed by atoms with Gasteiger partial charge in [-0.25, -0.2) is 0 Å². The highest BCUT2D eigenvalue weighted by atomic mass is 79.9. The molecule has 0 heterocycles. The fourth-order valence-electron chi connectivity index (χ4n) is 1.73. The molecule has 21 heavy (non-hydrogen) atoms. The van der Waals surface area contributed by atoms with Gasteiger partial charge in [0.1, 0.15) is 6.61 Å². The van der Waals surface area contributed by atoms with E-state index < -0.39 is 0 Å². The fourth-order valence-corrected chi connectivity index (χ4v) is 2.33. The molecule has 0 saturated carbocycles. The summed E-state index contributed by atoms with van der Waals surface area (Å²) in [5, 5.41) is 3.46. The van der Waals surface area contributed by atoms with Crippen LogP contribution in [0, 0.1) is 0 Å². The lowest BCUT2D eigenvalue weighted by Crippen LogP contribution is -2.35. The number of ether oxygens (including phenoxy) is 3. The average Bonchev–Trinajstić information content (AvgIpc) is 2.41. The molecule has 1 rings (SSSR count). The van der Waals surface area contributed by atoms with Crippen LogP contribution in [0.5, 0.6) is 11.5 Å². The molecule has 0 aliphatic heterocycles. The highest BCUT2D eigenvalue weighted by molar-refractivity contribution is 9.10. The number of nitrogens with one attached hydrogen (secondary N) is 1. The van der Waals surface area contributed by atoms with Crippen molar-refractivity contribution in [2.24, 2.45) is 0 Å². The molecule has 0 aliphatic rings. The van der Waals surface area contributed by atoms with Crippen LogP contribution in [0.3, 0.4) is 0 Å². The third-order valence-corrected chi connectivity index (χ3v) is 3.38. The van der Waals surface area contributed by atoms with Crippen molar-refractivity contribution in [3.8, 4) is 11.5 Å². The van der Waals surface area contributed by atoms with E-state index in [-0.39, 0.29) is 5.54 Å². The highest BCUT2D eigenvalue weighted by Gasteiger charge is 2.14. The summed E-state index contributed by atoms with van der Waals surface area (Å²) < 4.78 is 17.3. The van der Waals surface area contributed by atoms with Crippen molar-refractivity contribution in [1.82, 2.24) is 5.32 Å². The van der Waals surface area contributed by atoms with Gasteiger partial charge in [-0.3, -0.25) is 0 Å². The van der Waals surface area contributed by atoms with Gasteiger partial charge in [-0.05, 0) is 61.3 Å². The third kappa shape index (κ3) is 6.68. The van der Waals surface area contributed by atoms with Crippen LogP contribution in [0.15, 0.2) is 16.6 Å². The average molecular weight is 360 g/mol. The van der Waals surface area contributed by atoms with Gasteiger partial charge in [0, 0.05) is 18.7 Å². The second-order valence-electron chi connectivity index (χ2n) is 5.76. The molecule has 1 aromatic rings. The largest absolute Gasteiger partial charge is 0.493 e. The van der Waals surface area contributed by atoms with Crippen molar-refractivity contribution in [2.45, 2.75) is 39.8 Å². The smallest absolute Gasteiger partial charge is 0.175 e. The number of benzene rings is 1. The summed E-state index contributed by atoms with van der Waals surface area (Å²) in [6.07, 6.45) is 0. The first-order valence-electron chi connectivity index (χ1n) is 7.19. The van der Waals surface area contributed by atoms with Gasteiger partial charge in [-0.2, -0.15) is 0 Å². The van der Waals surface area contributed by atoms with E-state index in [0.717, 1.165) is 28.1 Å². The van der Waals surface area contributed by atoms with Crippen molar-refractivity contribution in [1.29, 1.82) is 0 Å². The maximum absolute atomic E-state index is 5.74. The Labute approximate surface area is 136 Å². The minimum absolute atomic E-state index is 0.0758. The van der Waals surface area contributed by atoms with Crippen LogP contribution >= 0.6 is 15.9 Å². The van der Waals surface area contributed by atoms with Crippen molar-refractivity contribution in [3.63, 3.8) is 0 Å². The quantitative estimate of drug-likeness (QED) is 0.717. The number of methoxy groups -OCH3 is 1. The van der Waals surface area contributed by atoms with E-state index in [9.17, 15) is 0 Å². The van der Waals surface area contributed by atoms with Gasteiger partial charge in [0.05, 0.1) is 18.2 Å². The highest BCUT2D eigenvalue weighted by Crippen LogP contribution is 2.36. The first-order chi connectivity index (χ1) is 9.87. The van der Waals surface area contributed by atoms with Crippen LogP contribution in [0.2, 0.25) is 0 Å². The molecule has 0 saturated heterocycles. The summed E-state index contributed by atoms with van der Waals surface area (Å²) in [4.78, 5) is 0. The van der Waals surface area contributed by atoms with Crippen LogP contribution < -0.4 is 14.8 Å². The lowest BCUT2D eigenvalue weighted by Gasteiger charge is -2.21. The summed E-state index contributed by atoms with van der Waals surface area (Å²) in [6, 6.07) is 4.05. The van der Waals surface area contributed by atoms with E-state index in [0.29, 0.717) is 19.8 Å². The second kappa shape index (κ2) is 8.61. The van der Waals surface area contributed by atoms with E-state index in [2.05, 4.69) is 48.1 Å². The van der Waals surface area contributed by atoms with Crippen LogP contribution in [-0.4, -0.2) is 32.5 Å². The molecular formula is C16H26BrNO3. The Morgan fingerprint density at radius 3 is 2.48 bits per heavy atom. The van der Waals surface area contributed by atoms with Gasteiger partial charge in [0.15, 0.2) is 11.5 Å². The number of halogens is 1. The molecule has 1 aromatic carbocycles. The van der Waals surface area contributed by atoms with Crippen LogP contribution in [0.1, 0.15) is 33.3 Å². The lowest BCUT2D eigenvalue weighted by molar-refractivity contribution is 0.108. The molecule has 0 amide bonds. The van der Waals surface area contributed by atoms with Crippen molar-refractivity contribution in [2.75, 3.05) is 26.9 Å². The molecule has 0 atom stereocenters. The Bertz CT molecular complexity index is 444. The molecule has 0 radical (unpaired) electrons. The standard InChI is InChI=1S/C16H26BrNO3/c1-6-20-7-8-21-15-13(17)9-12(10-14(15)19-5)11-18-16(2,3)4/h9-10,18H,6-8,11H2,1-5H3. The Balaban J connectivity index is 2.77. The third-order valence-electron chi connectivity index (χ3n) is 2.79. The maximum atomic E-state index is 5.74. The van der Waals surface area contributed by atoms with Gasteiger partial charge < -0.3 is 19.5 Å². The number of rotatable bonds is 8. The van der Waals surface area contributed by atoms with Crippen molar-refractivity contribution < 1.29 is 14.2 Å². The molecule has 120 valence electrons. The monoisotopic (exact) mass is 359 g/mol. The molecule has 0 unspecified atom stereocenters. The second-order valence-corrected chi connectivity index (χ2v) is 6.61. The van der Waals surface area contributed by atoms with Gasteiger partial charge in [0.2, 0.25) is 0 Å². The molecule has 0 aliphatic carbocycles. The summed E-state index contributed by atoms with van der Waals surface area (Å²) in [5.74, 6) is 1.45. The molecule has 0 spiro atoms. The Morgan fingerprint density at radius 1 is 1.19 bits per heavy atom. The topological polar surface area (TPSA) is 39.7 Å². The van der Waals surface area contributed by atoms with Crippen molar-refractivity contribution >= 4 is 15.9 Å². The molecule has 5 heteroatoms. The maximum Gasteiger partial charge on any atom is 0.175 e. The summed E-state index contributed by atoms with van der Waals surface area (Å²) in [7, 11) is 1.65. The SMILES string of the molecule is CCOCCOc1c(Br)cc(CNC(C)(C)C)cc1OC. The van der Waals surface area contributed by atoms with E-state index >= 15 is 0 Å². The van der Waals surface area contributed by atoms with Gasteiger partial charge in [0.25, 0.3) is 0 Å². The first-order valence-corrected chi connectivity index (χ1v) is 7.98. The summed E-state index contributed by atoms with van der Waals surface area (Å²) in [6.45, 7) is 10.9. The molecule has 0 aromatic heterocycles. The summed E-state index contributed by atoms with van der Waals surface area (Å²) in [5.41, 5.74) is 1.22. The van der Waals surface area contributed by atoms with E-state index in [1.165, 1.54) is 0 Å². The van der Waals surface area contributed by atoms with Gasteiger partial charge in [-0.1, -0.05) is 0 Å². The molecule has 1 N–H and O–H groups in total. The van der Waals surface area contributed by atoms with Crippen LogP contribution in [-0.2, 0) is 11.3 Å². The van der Waals surface area contributed by atoms with Gasteiger partial charge in [-0.15, -0.1) is 0 Å². The van der Waals surface area contributed by atoms with Crippen LogP contribution in [0.4, 0.5) is 0 Å². The predicted molar refractivity (Wildman–Crippen MR) is 89.3 cm³/mol. The minimum Gasteiger partial charge on any atom is -0.493 e. The zero-order chi connectivity index (χ0) is 15.9. The predicted octanol–water partition coefficient (Wildman–Crippen LogP) is 3.76. The van der Waals surface area contributed by atoms with Crippen molar-refractivity contribution in [3.05, 3.63) is 22.2 Å². The Morgan fingerprint density at radius 2 is 1.90 bits per heavy atom. The van der Waals surface area contributed by atoms with Crippen LogP contribution in [0.25, 0.3) is 0 Å².